The first-order valence-electron chi connectivity index (χ1n) is 3.62. The van der Waals surface area contributed by atoms with Crippen LogP contribution < -0.4 is 5.32 Å². The molecule has 0 bridgehead atoms. The van der Waals surface area contributed by atoms with Gasteiger partial charge in [0.1, 0.15) is 0 Å². The molecule has 1 amide bonds. The van der Waals surface area contributed by atoms with E-state index in [2.05, 4.69) is 0 Å². The SMILES string of the molecule is O=C(NC1CCS(=O)C1)C(F)(F)F. The van der Waals surface area contributed by atoms with E-state index in [0.717, 1.165) is 0 Å². The molecular weight excluding hydrogens is 207 g/mol. The van der Waals surface area contributed by atoms with Crippen LogP contribution in [0.2, 0.25) is 0 Å². The van der Waals surface area contributed by atoms with Crippen molar-refractivity contribution in [1.82, 2.24) is 5.32 Å². The second-order valence-electron chi connectivity index (χ2n) is 2.77. The summed E-state index contributed by atoms with van der Waals surface area (Å²) >= 11 is 0. The van der Waals surface area contributed by atoms with E-state index in [1.165, 1.54) is 0 Å². The lowest BCUT2D eigenvalue weighted by atomic mass is 10.2. The molecule has 1 heterocycles. The van der Waals surface area contributed by atoms with E-state index in [0.29, 0.717) is 12.2 Å². The Kier molecular flexibility index (Phi) is 2.94. The van der Waals surface area contributed by atoms with Crippen molar-refractivity contribution in [3.63, 3.8) is 0 Å². The van der Waals surface area contributed by atoms with Gasteiger partial charge >= 0.3 is 12.1 Å². The first-order valence-corrected chi connectivity index (χ1v) is 5.11. The maximum atomic E-state index is 11.7. The van der Waals surface area contributed by atoms with Crippen LogP contribution >= 0.6 is 0 Å². The quantitative estimate of drug-likeness (QED) is 0.678. The fourth-order valence-corrected chi connectivity index (χ4v) is 2.46. The Balaban J connectivity index is 2.42. The van der Waals surface area contributed by atoms with Gasteiger partial charge in [-0.2, -0.15) is 13.2 Å². The van der Waals surface area contributed by atoms with Gasteiger partial charge in [0.25, 0.3) is 0 Å². The predicted molar refractivity (Wildman–Crippen MR) is 40.5 cm³/mol. The van der Waals surface area contributed by atoms with Gasteiger partial charge in [0, 0.05) is 28.3 Å². The molecule has 0 saturated carbocycles. The highest BCUT2D eigenvalue weighted by molar-refractivity contribution is 7.85. The van der Waals surface area contributed by atoms with Crippen LogP contribution in [-0.2, 0) is 15.6 Å². The molecule has 1 aliphatic rings. The zero-order chi connectivity index (χ0) is 10.1. The van der Waals surface area contributed by atoms with Gasteiger partial charge in [-0.3, -0.25) is 9.00 Å². The largest absolute Gasteiger partial charge is 0.471 e. The second-order valence-corrected chi connectivity index (χ2v) is 4.39. The summed E-state index contributed by atoms with van der Waals surface area (Å²) in [5, 5.41) is 1.79. The maximum Gasteiger partial charge on any atom is 0.471 e. The first-order chi connectivity index (χ1) is 5.89. The molecule has 1 saturated heterocycles. The number of hydrogen-bond donors (Lipinski definition) is 1. The molecular formula is C6H8F3NO2S. The Labute approximate surface area is 75.1 Å². The maximum absolute atomic E-state index is 11.7. The summed E-state index contributed by atoms with van der Waals surface area (Å²) in [6.45, 7) is 0. The Morgan fingerprint density at radius 1 is 1.46 bits per heavy atom. The number of rotatable bonds is 1. The minimum absolute atomic E-state index is 0.127. The van der Waals surface area contributed by atoms with Gasteiger partial charge in [0.05, 0.1) is 0 Å². The number of nitrogens with one attached hydrogen (secondary N) is 1. The molecule has 2 unspecified atom stereocenters. The Hall–Kier alpha value is -0.590. The summed E-state index contributed by atoms with van der Waals surface area (Å²) in [4.78, 5) is 10.4. The van der Waals surface area contributed by atoms with E-state index in [1.807, 2.05) is 0 Å². The highest BCUT2D eigenvalue weighted by Crippen LogP contribution is 2.16. The average Bonchev–Trinajstić information content (AvgIpc) is 2.33. The lowest BCUT2D eigenvalue weighted by Crippen LogP contribution is -2.43. The highest BCUT2D eigenvalue weighted by Gasteiger charge is 2.40. The van der Waals surface area contributed by atoms with E-state index < -0.39 is 28.9 Å². The van der Waals surface area contributed by atoms with Crippen molar-refractivity contribution >= 4 is 16.7 Å². The average molecular weight is 215 g/mol. The summed E-state index contributed by atoms with van der Waals surface area (Å²) in [5.74, 6) is -1.46. The van der Waals surface area contributed by atoms with Crippen molar-refractivity contribution in [2.24, 2.45) is 0 Å². The molecule has 3 nitrogen and oxygen atoms in total. The van der Waals surface area contributed by atoms with Gasteiger partial charge in [0.2, 0.25) is 0 Å². The highest BCUT2D eigenvalue weighted by atomic mass is 32.2. The summed E-state index contributed by atoms with van der Waals surface area (Å²) in [5.41, 5.74) is 0. The summed E-state index contributed by atoms with van der Waals surface area (Å²) in [7, 11) is -1.08. The molecule has 0 aliphatic carbocycles. The molecule has 0 aromatic heterocycles. The molecule has 1 N–H and O–H groups in total. The van der Waals surface area contributed by atoms with E-state index >= 15 is 0 Å². The van der Waals surface area contributed by atoms with Crippen LogP contribution in [0.3, 0.4) is 0 Å². The second kappa shape index (κ2) is 3.65. The van der Waals surface area contributed by atoms with Crippen molar-refractivity contribution in [1.29, 1.82) is 0 Å². The minimum Gasteiger partial charge on any atom is -0.345 e. The number of alkyl halides is 3. The van der Waals surface area contributed by atoms with Gasteiger partial charge < -0.3 is 5.32 Å². The number of carbonyl (C=O) groups excluding carboxylic acids is 1. The van der Waals surface area contributed by atoms with Crippen LogP contribution in [0.25, 0.3) is 0 Å². The zero-order valence-electron chi connectivity index (χ0n) is 6.56. The molecule has 1 aliphatic heterocycles. The minimum atomic E-state index is -4.84. The van der Waals surface area contributed by atoms with Crippen molar-refractivity contribution in [2.75, 3.05) is 11.5 Å². The predicted octanol–water partition coefficient (Wildman–Crippen LogP) is 0.186. The first kappa shape index (κ1) is 10.5. The van der Waals surface area contributed by atoms with Crippen molar-refractivity contribution in [3.8, 4) is 0 Å². The third-order valence-corrected chi connectivity index (χ3v) is 3.14. The zero-order valence-corrected chi connectivity index (χ0v) is 7.37. The number of hydrogen-bond acceptors (Lipinski definition) is 2. The van der Waals surface area contributed by atoms with Crippen LogP contribution in [0.15, 0.2) is 0 Å². The molecule has 1 rings (SSSR count). The molecule has 0 radical (unpaired) electrons. The standard InChI is InChI=1S/C6H8F3NO2S/c7-6(8,9)5(11)10-4-1-2-13(12)3-4/h4H,1-3H2,(H,10,11). The summed E-state index contributed by atoms with van der Waals surface area (Å²) < 4.78 is 45.9. The van der Waals surface area contributed by atoms with Crippen LogP contribution in [-0.4, -0.2) is 33.8 Å². The lowest BCUT2D eigenvalue weighted by molar-refractivity contribution is -0.174. The molecule has 7 heteroatoms. The van der Waals surface area contributed by atoms with E-state index in [-0.39, 0.29) is 5.75 Å². The normalized spacial score (nSPS) is 28.8. The fraction of sp³-hybridized carbons (Fsp3) is 0.833. The monoisotopic (exact) mass is 215 g/mol. The molecule has 2 atom stereocenters. The number of carbonyl (C=O) groups is 1. The fourth-order valence-electron chi connectivity index (χ4n) is 1.05. The third kappa shape index (κ3) is 2.98. The van der Waals surface area contributed by atoms with Gasteiger partial charge in [-0.15, -0.1) is 0 Å². The van der Waals surface area contributed by atoms with Crippen molar-refractivity contribution < 1.29 is 22.2 Å². The van der Waals surface area contributed by atoms with Gasteiger partial charge in [-0.05, 0) is 6.42 Å². The smallest absolute Gasteiger partial charge is 0.345 e. The topological polar surface area (TPSA) is 46.2 Å². The molecule has 0 spiro atoms. The van der Waals surface area contributed by atoms with Gasteiger partial charge in [-0.1, -0.05) is 0 Å². The van der Waals surface area contributed by atoms with Crippen LogP contribution in [0, 0.1) is 0 Å². The van der Waals surface area contributed by atoms with E-state index in [1.54, 1.807) is 5.32 Å². The van der Waals surface area contributed by atoms with Crippen LogP contribution in [0.4, 0.5) is 13.2 Å². The van der Waals surface area contributed by atoms with E-state index in [9.17, 15) is 22.2 Å². The lowest BCUT2D eigenvalue weighted by Gasteiger charge is -2.12. The Morgan fingerprint density at radius 3 is 2.46 bits per heavy atom. The third-order valence-electron chi connectivity index (χ3n) is 1.67. The van der Waals surface area contributed by atoms with Crippen LogP contribution in [0.5, 0.6) is 0 Å². The van der Waals surface area contributed by atoms with Crippen LogP contribution in [0.1, 0.15) is 6.42 Å². The Bertz CT molecular complexity index is 241. The van der Waals surface area contributed by atoms with E-state index in [4.69, 9.17) is 0 Å². The number of amides is 1. The van der Waals surface area contributed by atoms with Gasteiger partial charge in [0.15, 0.2) is 0 Å². The summed E-state index contributed by atoms with van der Waals surface area (Å²) in [6.07, 6.45) is -4.49. The number of halogens is 3. The molecule has 0 aromatic carbocycles. The Morgan fingerprint density at radius 2 is 2.08 bits per heavy atom. The van der Waals surface area contributed by atoms with Crippen molar-refractivity contribution in [3.05, 3.63) is 0 Å². The molecule has 1 fully saturated rings. The molecule has 0 aromatic rings. The summed E-state index contributed by atoms with van der Waals surface area (Å²) in [6, 6.07) is -0.588. The molecule has 76 valence electrons. The van der Waals surface area contributed by atoms with Crippen molar-refractivity contribution in [2.45, 2.75) is 18.6 Å². The molecule has 13 heavy (non-hydrogen) atoms. The van der Waals surface area contributed by atoms with Gasteiger partial charge in [-0.25, -0.2) is 0 Å².